The SMILES string of the molecule is Cc1ccc(-c2nn3c(C)nnc3s2)cc1NC(=O)c1ccc(N2CCCC2)c([N+](=O)[O-])c1. The van der Waals surface area contributed by atoms with E-state index in [1.807, 2.05) is 36.9 Å². The molecule has 4 aromatic rings. The predicted molar refractivity (Wildman–Crippen MR) is 126 cm³/mol. The molecule has 1 fully saturated rings. The fraction of sp³-hybridized carbons (Fsp3) is 0.273. The van der Waals surface area contributed by atoms with Gasteiger partial charge in [0.05, 0.1) is 4.92 Å². The molecule has 3 heterocycles. The van der Waals surface area contributed by atoms with E-state index in [0.717, 1.165) is 42.1 Å². The van der Waals surface area contributed by atoms with Crippen molar-refractivity contribution in [1.29, 1.82) is 0 Å². The van der Waals surface area contributed by atoms with Crippen LogP contribution >= 0.6 is 11.3 Å². The molecule has 10 nitrogen and oxygen atoms in total. The predicted octanol–water partition coefficient (Wildman–Crippen LogP) is 4.23. The van der Waals surface area contributed by atoms with Crippen LogP contribution in [-0.4, -0.2) is 43.7 Å². The molecule has 1 amide bonds. The molecule has 1 aliphatic rings. The van der Waals surface area contributed by atoms with Crippen LogP contribution in [0, 0.1) is 24.0 Å². The van der Waals surface area contributed by atoms with Gasteiger partial charge in [-0.05, 0) is 50.5 Å². The fourth-order valence-electron chi connectivity index (χ4n) is 3.95. The van der Waals surface area contributed by atoms with Crippen LogP contribution in [0.4, 0.5) is 17.1 Å². The van der Waals surface area contributed by atoms with Gasteiger partial charge >= 0.3 is 0 Å². The Kier molecular flexibility index (Phi) is 5.25. The van der Waals surface area contributed by atoms with E-state index in [1.165, 1.54) is 17.4 Å². The maximum Gasteiger partial charge on any atom is 0.293 e. The average Bonchev–Trinajstić information content (AvgIpc) is 3.54. The highest BCUT2D eigenvalue weighted by Crippen LogP contribution is 2.33. The van der Waals surface area contributed by atoms with E-state index in [4.69, 9.17) is 0 Å². The first-order chi connectivity index (χ1) is 15.9. The van der Waals surface area contributed by atoms with Gasteiger partial charge in [-0.25, -0.2) is 0 Å². The largest absolute Gasteiger partial charge is 0.366 e. The first-order valence-electron chi connectivity index (χ1n) is 10.6. The van der Waals surface area contributed by atoms with Crippen molar-refractivity contribution >= 4 is 39.3 Å². The second kappa shape index (κ2) is 8.24. The lowest BCUT2D eigenvalue weighted by Crippen LogP contribution is -2.20. The number of nitrogens with zero attached hydrogens (tertiary/aromatic N) is 6. The number of amides is 1. The van der Waals surface area contributed by atoms with E-state index < -0.39 is 10.8 Å². The van der Waals surface area contributed by atoms with Crippen LogP contribution in [0.5, 0.6) is 0 Å². The minimum Gasteiger partial charge on any atom is -0.366 e. The number of hydrogen-bond acceptors (Lipinski definition) is 8. The summed E-state index contributed by atoms with van der Waals surface area (Å²) in [6.45, 7) is 5.30. The molecule has 1 saturated heterocycles. The third-order valence-electron chi connectivity index (χ3n) is 5.76. The molecule has 0 bridgehead atoms. The summed E-state index contributed by atoms with van der Waals surface area (Å²) < 4.78 is 1.68. The van der Waals surface area contributed by atoms with Gasteiger partial charge in [0.25, 0.3) is 11.6 Å². The number of hydrogen-bond donors (Lipinski definition) is 1. The topological polar surface area (TPSA) is 119 Å². The van der Waals surface area contributed by atoms with Crippen molar-refractivity contribution in [2.45, 2.75) is 26.7 Å². The van der Waals surface area contributed by atoms with E-state index in [0.29, 0.717) is 22.2 Å². The van der Waals surface area contributed by atoms with Crippen molar-refractivity contribution in [3.63, 3.8) is 0 Å². The highest BCUT2D eigenvalue weighted by atomic mass is 32.1. The smallest absolute Gasteiger partial charge is 0.293 e. The molecule has 0 unspecified atom stereocenters. The standard InChI is InChI=1S/C22H21N7O3S/c1-13-5-6-16(21-26-28-14(2)24-25-22(28)33-21)11-17(13)23-20(30)15-7-8-18(19(12-15)29(31)32)27-9-3-4-10-27/h5-8,11-12H,3-4,9-10H2,1-2H3,(H,23,30). The average molecular weight is 464 g/mol. The van der Waals surface area contributed by atoms with Crippen molar-refractivity contribution in [3.05, 3.63) is 63.5 Å². The number of rotatable bonds is 5. The summed E-state index contributed by atoms with van der Waals surface area (Å²) in [6, 6.07) is 10.3. The van der Waals surface area contributed by atoms with Gasteiger partial charge < -0.3 is 10.2 Å². The van der Waals surface area contributed by atoms with E-state index in [1.54, 1.807) is 16.6 Å². The summed E-state index contributed by atoms with van der Waals surface area (Å²) in [6.07, 6.45) is 2.02. The molecule has 5 rings (SSSR count). The molecule has 0 atom stereocenters. The van der Waals surface area contributed by atoms with Crippen LogP contribution in [0.15, 0.2) is 36.4 Å². The lowest BCUT2D eigenvalue weighted by molar-refractivity contribution is -0.384. The molecule has 0 saturated carbocycles. The summed E-state index contributed by atoms with van der Waals surface area (Å²) in [5.41, 5.74) is 3.07. The van der Waals surface area contributed by atoms with Gasteiger partial charge in [0, 0.05) is 36.0 Å². The zero-order valence-corrected chi connectivity index (χ0v) is 18.9. The van der Waals surface area contributed by atoms with Gasteiger partial charge in [-0.2, -0.15) is 9.61 Å². The highest BCUT2D eigenvalue weighted by molar-refractivity contribution is 7.19. The quantitative estimate of drug-likeness (QED) is 0.347. The summed E-state index contributed by atoms with van der Waals surface area (Å²) in [5.74, 6) is 0.299. The number of aryl methyl sites for hydroxylation is 2. The van der Waals surface area contributed by atoms with Crippen molar-refractivity contribution in [1.82, 2.24) is 19.8 Å². The fourth-order valence-corrected chi connectivity index (χ4v) is 4.83. The molecule has 1 N–H and O–H groups in total. The van der Waals surface area contributed by atoms with Gasteiger partial charge in [0.1, 0.15) is 10.7 Å². The number of nitrogens with one attached hydrogen (secondary N) is 1. The van der Waals surface area contributed by atoms with E-state index >= 15 is 0 Å². The van der Waals surface area contributed by atoms with Crippen molar-refractivity contribution < 1.29 is 9.72 Å². The van der Waals surface area contributed by atoms with Gasteiger partial charge in [-0.15, -0.1) is 10.2 Å². The third-order valence-corrected chi connectivity index (χ3v) is 6.71. The zero-order valence-electron chi connectivity index (χ0n) is 18.1. The number of benzene rings is 2. The number of anilines is 2. The summed E-state index contributed by atoms with van der Waals surface area (Å²) in [5, 5.41) is 28.0. The molecule has 168 valence electrons. The third kappa shape index (κ3) is 3.91. The molecule has 2 aromatic carbocycles. The van der Waals surface area contributed by atoms with Crippen LogP contribution in [0.3, 0.4) is 0 Å². The number of carbonyl (C=O) groups excluding carboxylic acids is 1. The molecule has 11 heteroatoms. The van der Waals surface area contributed by atoms with Crippen LogP contribution in [-0.2, 0) is 0 Å². The minimum absolute atomic E-state index is 0.0508. The maximum atomic E-state index is 13.0. The molecule has 33 heavy (non-hydrogen) atoms. The molecular formula is C22H21N7O3S. The Morgan fingerprint density at radius 2 is 1.91 bits per heavy atom. The maximum absolute atomic E-state index is 13.0. The zero-order chi connectivity index (χ0) is 23.1. The van der Waals surface area contributed by atoms with Crippen molar-refractivity contribution in [2.24, 2.45) is 0 Å². The summed E-state index contributed by atoms with van der Waals surface area (Å²) >= 11 is 1.41. The Balaban J connectivity index is 1.43. The molecule has 1 aliphatic heterocycles. The molecule has 0 aliphatic carbocycles. The lowest BCUT2D eigenvalue weighted by Gasteiger charge is -2.18. The number of fused-ring (bicyclic) bond motifs is 1. The van der Waals surface area contributed by atoms with Crippen LogP contribution < -0.4 is 10.2 Å². The normalized spacial score (nSPS) is 13.6. The second-order valence-corrected chi connectivity index (χ2v) is 8.94. The van der Waals surface area contributed by atoms with Crippen molar-refractivity contribution in [2.75, 3.05) is 23.3 Å². The Labute approximate surface area is 193 Å². The molecular weight excluding hydrogens is 442 g/mol. The van der Waals surface area contributed by atoms with Crippen LogP contribution in [0.2, 0.25) is 0 Å². The molecule has 0 radical (unpaired) electrons. The Morgan fingerprint density at radius 3 is 2.64 bits per heavy atom. The Morgan fingerprint density at radius 1 is 1.12 bits per heavy atom. The number of carbonyl (C=O) groups is 1. The number of aromatic nitrogens is 4. The summed E-state index contributed by atoms with van der Waals surface area (Å²) in [7, 11) is 0. The second-order valence-electron chi connectivity index (χ2n) is 7.99. The van der Waals surface area contributed by atoms with E-state index in [9.17, 15) is 14.9 Å². The van der Waals surface area contributed by atoms with E-state index in [2.05, 4.69) is 20.6 Å². The van der Waals surface area contributed by atoms with Gasteiger partial charge in [-0.3, -0.25) is 14.9 Å². The highest BCUT2D eigenvalue weighted by Gasteiger charge is 2.24. The molecule has 2 aromatic heterocycles. The monoisotopic (exact) mass is 463 g/mol. The van der Waals surface area contributed by atoms with E-state index in [-0.39, 0.29) is 11.3 Å². The van der Waals surface area contributed by atoms with Crippen molar-refractivity contribution in [3.8, 4) is 10.6 Å². The van der Waals surface area contributed by atoms with Gasteiger partial charge in [0.2, 0.25) is 4.96 Å². The van der Waals surface area contributed by atoms with Crippen LogP contribution in [0.1, 0.15) is 34.6 Å². The Hall–Kier alpha value is -3.86. The van der Waals surface area contributed by atoms with Crippen LogP contribution in [0.25, 0.3) is 15.5 Å². The van der Waals surface area contributed by atoms with Gasteiger partial charge in [0.15, 0.2) is 5.82 Å². The Bertz CT molecular complexity index is 1390. The first-order valence-corrected chi connectivity index (χ1v) is 11.4. The number of nitro benzene ring substituents is 1. The van der Waals surface area contributed by atoms with Gasteiger partial charge in [-0.1, -0.05) is 23.5 Å². The summed E-state index contributed by atoms with van der Waals surface area (Å²) in [4.78, 5) is 26.9. The first kappa shape index (κ1) is 21.0. The molecule has 0 spiro atoms. The minimum atomic E-state index is -0.425. The lowest BCUT2D eigenvalue weighted by atomic mass is 10.1. The number of nitro groups is 1.